The van der Waals surface area contributed by atoms with E-state index in [1.54, 1.807) is 0 Å². The maximum absolute atomic E-state index is 4.09. The summed E-state index contributed by atoms with van der Waals surface area (Å²) in [5, 5.41) is 3.35. The van der Waals surface area contributed by atoms with Gasteiger partial charge in [-0.15, -0.1) is 0 Å². The van der Waals surface area contributed by atoms with Gasteiger partial charge in [0, 0.05) is 25.2 Å². The van der Waals surface area contributed by atoms with E-state index in [9.17, 15) is 0 Å². The van der Waals surface area contributed by atoms with Crippen molar-refractivity contribution in [3.8, 4) is 0 Å². The zero-order chi connectivity index (χ0) is 8.10. The van der Waals surface area contributed by atoms with Gasteiger partial charge in [0.15, 0.2) is 0 Å². The lowest BCUT2D eigenvalue weighted by Crippen LogP contribution is -2.36. The van der Waals surface area contributed by atoms with Crippen LogP contribution in [0.2, 0.25) is 0 Å². The Kier molecular flexibility index (Phi) is 3.57. The third-order valence-electron chi connectivity index (χ3n) is 2.53. The van der Waals surface area contributed by atoms with Crippen LogP contribution in [0.15, 0.2) is 4.99 Å². The second-order valence-corrected chi connectivity index (χ2v) is 3.25. The predicted molar refractivity (Wildman–Crippen MR) is 49.2 cm³/mol. The van der Waals surface area contributed by atoms with Crippen molar-refractivity contribution in [2.24, 2.45) is 10.9 Å². The van der Waals surface area contributed by atoms with E-state index in [0.29, 0.717) is 12.0 Å². The highest BCUT2D eigenvalue weighted by Gasteiger charge is 2.21. The second-order valence-electron chi connectivity index (χ2n) is 3.25. The molecule has 0 aromatic heterocycles. The van der Waals surface area contributed by atoms with E-state index >= 15 is 0 Å². The fourth-order valence-electron chi connectivity index (χ4n) is 1.89. The van der Waals surface area contributed by atoms with Crippen molar-refractivity contribution in [3.63, 3.8) is 0 Å². The van der Waals surface area contributed by atoms with Gasteiger partial charge in [0.25, 0.3) is 0 Å². The van der Waals surface area contributed by atoms with E-state index < -0.39 is 0 Å². The first-order valence-electron chi connectivity index (χ1n) is 4.48. The van der Waals surface area contributed by atoms with Gasteiger partial charge in [-0.25, -0.2) is 0 Å². The van der Waals surface area contributed by atoms with Crippen molar-refractivity contribution < 1.29 is 0 Å². The highest BCUT2D eigenvalue weighted by molar-refractivity contribution is 5.61. The van der Waals surface area contributed by atoms with Crippen LogP contribution in [-0.4, -0.2) is 26.4 Å². The SMILES string of the molecule is C/N=C/C1CCCC[C@H]1NC. The smallest absolute Gasteiger partial charge is 0.0273 e. The molecule has 0 aliphatic heterocycles. The Morgan fingerprint density at radius 1 is 1.36 bits per heavy atom. The maximum Gasteiger partial charge on any atom is 0.0273 e. The molecule has 0 saturated heterocycles. The third kappa shape index (κ3) is 2.29. The number of nitrogens with zero attached hydrogens (tertiary/aromatic N) is 1. The van der Waals surface area contributed by atoms with Crippen molar-refractivity contribution >= 4 is 6.21 Å². The molecule has 64 valence electrons. The Morgan fingerprint density at radius 3 is 2.73 bits per heavy atom. The summed E-state index contributed by atoms with van der Waals surface area (Å²) >= 11 is 0. The third-order valence-corrected chi connectivity index (χ3v) is 2.53. The molecule has 0 radical (unpaired) electrons. The van der Waals surface area contributed by atoms with E-state index in [0.717, 1.165) is 0 Å². The Labute approximate surface area is 69.1 Å². The number of hydrogen-bond acceptors (Lipinski definition) is 2. The summed E-state index contributed by atoms with van der Waals surface area (Å²) in [5.74, 6) is 0.679. The molecule has 1 fully saturated rings. The average molecular weight is 154 g/mol. The minimum absolute atomic E-state index is 0.674. The zero-order valence-corrected chi connectivity index (χ0v) is 7.51. The molecule has 2 heteroatoms. The standard InChI is InChI=1S/C9H18N2/c1-10-7-8-5-3-4-6-9(8)11-2/h7-9,11H,3-6H2,1-2H3/b10-7+/t8?,9-/m1/s1. The van der Waals surface area contributed by atoms with Crippen molar-refractivity contribution in [1.82, 2.24) is 5.32 Å². The second kappa shape index (κ2) is 4.50. The highest BCUT2D eigenvalue weighted by Crippen LogP contribution is 2.22. The van der Waals surface area contributed by atoms with Crippen LogP contribution in [0, 0.1) is 5.92 Å². The molecule has 1 rings (SSSR count). The summed E-state index contributed by atoms with van der Waals surface area (Å²) in [6, 6.07) is 0.674. The van der Waals surface area contributed by atoms with Gasteiger partial charge in [-0.05, 0) is 19.9 Å². The van der Waals surface area contributed by atoms with Crippen LogP contribution < -0.4 is 5.32 Å². The van der Waals surface area contributed by atoms with Crippen molar-refractivity contribution in [2.75, 3.05) is 14.1 Å². The number of nitrogens with one attached hydrogen (secondary N) is 1. The van der Waals surface area contributed by atoms with Crippen molar-refractivity contribution in [2.45, 2.75) is 31.7 Å². The minimum Gasteiger partial charge on any atom is -0.316 e. The molecule has 11 heavy (non-hydrogen) atoms. The molecular formula is C9H18N2. The minimum atomic E-state index is 0.674. The summed E-state index contributed by atoms with van der Waals surface area (Å²) < 4.78 is 0. The summed E-state index contributed by atoms with van der Waals surface area (Å²) in [4.78, 5) is 4.09. The molecule has 1 N–H and O–H groups in total. The molecule has 1 unspecified atom stereocenters. The monoisotopic (exact) mass is 154 g/mol. The molecule has 1 aliphatic carbocycles. The largest absolute Gasteiger partial charge is 0.316 e. The molecule has 0 amide bonds. The molecule has 1 saturated carbocycles. The first kappa shape index (κ1) is 8.72. The normalized spacial score (nSPS) is 32.9. The zero-order valence-electron chi connectivity index (χ0n) is 7.51. The fraction of sp³-hybridized carbons (Fsp3) is 0.889. The molecule has 0 aromatic rings. The van der Waals surface area contributed by atoms with Crippen molar-refractivity contribution in [3.05, 3.63) is 0 Å². The van der Waals surface area contributed by atoms with E-state index in [-0.39, 0.29) is 0 Å². The molecule has 1 aliphatic rings. The van der Waals surface area contributed by atoms with Gasteiger partial charge in [-0.2, -0.15) is 0 Å². The maximum atomic E-state index is 4.09. The van der Waals surface area contributed by atoms with Crippen molar-refractivity contribution in [1.29, 1.82) is 0 Å². The van der Waals surface area contributed by atoms with Gasteiger partial charge in [0.05, 0.1) is 0 Å². The van der Waals surface area contributed by atoms with Crippen LogP contribution in [0.3, 0.4) is 0 Å². The predicted octanol–water partition coefficient (Wildman–Crippen LogP) is 1.47. The quantitative estimate of drug-likeness (QED) is 0.598. The first-order valence-corrected chi connectivity index (χ1v) is 4.48. The van der Waals surface area contributed by atoms with E-state index in [1.165, 1.54) is 25.7 Å². The van der Waals surface area contributed by atoms with Crippen LogP contribution in [0.1, 0.15) is 25.7 Å². The molecule has 2 atom stereocenters. The molecule has 0 spiro atoms. The van der Waals surface area contributed by atoms with Gasteiger partial charge >= 0.3 is 0 Å². The number of rotatable bonds is 2. The van der Waals surface area contributed by atoms with Gasteiger partial charge < -0.3 is 10.3 Å². The lowest BCUT2D eigenvalue weighted by atomic mass is 9.85. The summed E-state index contributed by atoms with van der Waals surface area (Å²) in [7, 11) is 3.91. The van der Waals surface area contributed by atoms with Crippen LogP contribution >= 0.6 is 0 Å². The molecule has 0 heterocycles. The fourth-order valence-corrected chi connectivity index (χ4v) is 1.89. The number of aliphatic imine (C=N–C) groups is 1. The number of hydrogen-bond donors (Lipinski definition) is 1. The van der Waals surface area contributed by atoms with Crippen LogP contribution in [-0.2, 0) is 0 Å². The summed E-state index contributed by atoms with van der Waals surface area (Å²) in [6.45, 7) is 0. The van der Waals surface area contributed by atoms with Gasteiger partial charge in [-0.1, -0.05) is 12.8 Å². The first-order chi connectivity index (χ1) is 5.38. The highest BCUT2D eigenvalue weighted by atomic mass is 14.9. The van der Waals surface area contributed by atoms with Gasteiger partial charge in [-0.3, -0.25) is 0 Å². The Morgan fingerprint density at radius 2 is 2.09 bits per heavy atom. The topological polar surface area (TPSA) is 24.4 Å². The van der Waals surface area contributed by atoms with Gasteiger partial charge in [0.2, 0.25) is 0 Å². The summed E-state index contributed by atoms with van der Waals surface area (Å²) in [5.41, 5.74) is 0. The van der Waals surface area contributed by atoms with Crippen LogP contribution in [0.5, 0.6) is 0 Å². The van der Waals surface area contributed by atoms with E-state index in [4.69, 9.17) is 0 Å². The Balaban J connectivity index is 2.44. The Bertz CT molecular complexity index is 132. The molecular weight excluding hydrogens is 136 g/mol. The van der Waals surface area contributed by atoms with E-state index in [1.807, 2.05) is 14.1 Å². The van der Waals surface area contributed by atoms with Crippen LogP contribution in [0.4, 0.5) is 0 Å². The van der Waals surface area contributed by atoms with E-state index in [2.05, 4.69) is 16.5 Å². The average Bonchev–Trinajstić information content (AvgIpc) is 2.06. The summed E-state index contributed by atoms with van der Waals surface area (Å²) in [6.07, 6.45) is 7.46. The molecule has 0 bridgehead atoms. The molecule has 0 aromatic carbocycles. The van der Waals surface area contributed by atoms with Crippen LogP contribution in [0.25, 0.3) is 0 Å². The molecule has 2 nitrogen and oxygen atoms in total. The van der Waals surface area contributed by atoms with Gasteiger partial charge in [0.1, 0.15) is 0 Å². The Hall–Kier alpha value is -0.370. The lowest BCUT2D eigenvalue weighted by molar-refractivity contribution is 0.343. The lowest BCUT2D eigenvalue weighted by Gasteiger charge is -2.28.